The van der Waals surface area contributed by atoms with E-state index in [2.05, 4.69) is 10.6 Å². The van der Waals surface area contributed by atoms with Crippen LogP contribution in [0.2, 0.25) is 5.02 Å². The van der Waals surface area contributed by atoms with Gasteiger partial charge < -0.3 is 5.32 Å². The molecule has 0 bridgehead atoms. The molecule has 27 heavy (non-hydrogen) atoms. The number of benzene rings is 2. The van der Waals surface area contributed by atoms with Gasteiger partial charge >= 0.3 is 0 Å². The van der Waals surface area contributed by atoms with Gasteiger partial charge in [0, 0.05) is 30.8 Å². The molecule has 0 saturated carbocycles. The van der Waals surface area contributed by atoms with Crippen LogP contribution in [0.1, 0.15) is 25.5 Å². The first kappa shape index (κ1) is 21.4. The lowest BCUT2D eigenvalue weighted by molar-refractivity contribution is -0.117. The summed E-state index contributed by atoms with van der Waals surface area (Å²) in [4.78, 5) is 12.6. The first-order valence-corrected chi connectivity index (χ1v) is 10.3. The van der Waals surface area contributed by atoms with Gasteiger partial charge in [-0.25, -0.2) is 12.7 Å². The summed E-state index contributed by atoms with van der Waals surface area (Å²) in [5.74, 6) is -0.270. The molecule has 0 aliphatic heterocycles. The molecule has 0 saturated heterocycles. The van der Waals surface area contributed by atoms with Gasteiger partial charge in [-0.3, -0.25) is 10.1 Å². The normalized spacial score (nSPS) is 14.0. The molecule has 0 unspecified atom stereocenters. The van der Waals surface area contributed by atoms with Crippen LogP contribution in [-0.4, -0.2) is 38.8 Å². The van der Waals surface area contributed by atoms with E-state index in [-0.39, 0.29) is 16.8 Å². The van der Waals surface area contributed by atoms with Crippen molar-refractivity contribution in [1.82, 2.24) is 9.62 Å². The zero-order chi connectivity index (χ0) is 20.2. The summed E-state index contributed by atoms with van der Waals surface area (Å²) >= 11 is 6.20. The number of carbonyl (C=O) groups excluding carboxylic acids is 1. The lowest BCUT2D eigenvalue weighted by atomic mass is 10.1. The molecule has 0 aliphatic carbocycles. The van der Waals surface area contributed by atoms with Crippen molar-refractivity contribution in [3.05, 3.63) is 59.1 Å². The molecule has 0 spiro atoms. The van der Waals surface area contributed by atoms with Gasteiger partial charge in [0.1, 0.15) is 0 Å². The summed E-state index contributed by atoms with van der Waals surface area (Å²) in [7, 11) is -0.641. The molecule has 146 valence electrons. The third-order valence-electron chi connectivity index (χ3n) is 4.15. The predicted molar refractivity (Wildman–Crippen MR) is 108 cm³/mol. The molecule has 0 aliphatic rings. The Hall–Kier alpha value is -1.93. The molecule has 0 aromatic heterocycles. The quantitative estimate of drug-likeness (QED) is 0.735. The van der Waals surface area contributed by atoms with Crippen molar-refractivity contribution < 1.29 is 13.2 Å². The van der Waals surface area contributed by atoms with Gasteiger partial charge in [-0.15, -0.1) is 0 Å². The van der Waals surface area contributed by atoms with E-state index in [0.29, 0.717) is 10.7 Å². The number of anilines is 1. The van der Waals surface area contributed by atoms with Crippen molar-refractivity contribution in [3.8, 4) is 0 Å². The van der Waals surface area contributed by atoms with Crippen LogP contribution in [0.15, 0.2) is 53.4 Å². The second-order valence-corrected chi connectivity index (χ2v) is 9.00. The van der Waals surface area contributed by atoms with Crippen LogP contribution in [-0.2, 0) is 14.8 Å². The zero-order valence-electron chi connectivity index (χ0n) is 15.7. The molecular weight excluding hydrogens is 386 g/mol. The van der Waals surface area contributed by atoms with E-state index in [1.165, 1.54) is 26.2 Å². The Morgan fingerprint density at radius 3 is 2.37 bits per heavy atom. The van der Waals surface area contributed by atoms with Crippen LogP contribution in [0, 0.1) is 0 Å². The van der Waals surface area contributed by atoms with E-state index in [1.807, 2.05) is 25.1 Å². The topological polar surface area (TPSA) is 78.5 Å². The summed E-state index contributed by atoms with van der Waals surface area (Å²) in [6.07, 6.45) is 0. The van der Waals surface area contributed by atoms with Crippen molar-refractivity contribution in [1.29, 1.82) is 0 Å². The van der Waals surface area contributed by atoms with Crippen LogP contribution in [0.3, 0.4) is 0 Å². The summed E-state index contributed by atoms with van der Waals surface area (Å²) < 4.78 is 25.6. The van der Waals surface area contributed by atoms with Crippen LogP contribution >= 0.6 is 11.6 Å². The minimum Gasteiger partial charge on any atom is -0.325 e. The van der Waals surface area contributed by atoms with E-state index >= 15 is 0 Å². The highest BCUT2D eigenvalue weighted by Crippen LogP contribution is 2.23. The van der Waals surface area contributed by atoms with Crippen LogP contribution in [0.5, 0.6) is 0 Å². The first-order valence-electron chi connectivity index (χ1n) is 8.47. The summed E-state index contributed by atoms with van der Waals surface area (Å²) in [6.45, 7) is 3.67. The van der Waals surface area contributed by atoms with Crippen molar-refractivity contribution in [3.63, 3.8) is 0 Å². The van der Waals surface area contributed by atoms with Gasteiger partial charge in [0.05, 0.1) is 10.9 Å². The minimum absolute atomic E-state index is 0.121. The van der Waals surface area contributed by atoms with Gasteiger partial charge in [0.15, 0.2) is 0 Å². The SMILES string of the molecule is C[C@H](N[C@@H](C)c1ccccc1Cl)C(=O)Nc1cccc(S(=O)(=O)N(C)C)c1. The third kappa shape index (κ3) is 5.29. The molecule has 0 heterocycles. The Morgan fingerprint density at radius 1 is 1.07 bits per heavy atom. The van der Waals surface area contributed by atoms with Crippen molar-refractivity contribution >= 4 is 33.2 Å². The molecule has 2 aromatic carbocycles. The Balaban J connectivity index is 2.08. The Kier molecular flexibility index (Phi) is 7.00. The van der Waals surface area contributed by atoms with Gasteiger partial charge in [-0.1, -0.05) is 35.9 Å². The van der Waals surface area contributed by atoms with Crippen LogP contribution < -0.4 is 10.6 Å². The standard InChI is InChI=1S/C19H24ClN3O3S/c1-13(17-10-5-6-11-18(17)20)21-14(2)19(24)22-15-8-7-9-16(12-15)27(25,26)23(3)4/h5-14,21H,1-4H3,(H,22,24)/t13-,14-/m0/s1. The Labute approximate surface area is 165 Å². The smallest absolute Gasteiger partial charge is 0.242 e. The fourth-order valence-electron chi connectivity index (χ4n) is 2.56. The molecule has 1 amide bonds. The number of hydrogen-bond acceptors (Lipinski definition) is 4. The number of carbonyl (C=O) groups is 1. The van der Waals surface area contributed by atoms with Crippen LogP contribution in [0.25, 0.3) is 0 Å². The average Bonchev–Trinajstić information content (AvgIpc) is 2.62. The Morgan fingerprint density at radius 2 is 1.74 bits per heavy atom. The summed E-state index contributed by atoms with van der Waals surface area (Å²) in [5.41, 5.74) is 1.32. The largest absolute Gasteiger partial charge is 0.325 e. The number of halogens is 1. The second-order valence-electron chi connectivity index (χ2n) is 6.44. The van der Waals surface area contributed by atoms with E-state index in [9.17, 15) is 13.2 Å². The maximum Gasteiger partial charge on any atom is 0.242 e. The number of nitrogens with zero attached hydrogens (tertiary/aromatic N) is 1. The second kappa shape index (κ2) is 8.84. The maximum atomic E-state index is 12.5. The molecule has 2 rings (SSSR count). The van der Waals surface area contributed by atoms with Crippen molar-refractivity contribution in [2.45, 2.75) is 30.8 Å². The summed E-state index contributed by atoms with van der Waals surface area (Å²) in [5, 5.41) is 6.58. The van der Waals surface area contributed by atoms with Crippen molar-refractivity contribution in [2.75, 3.05) is 19.4 Å². The van der Waals surface area contributed by atoms with E-state index < -0.39 is 16.1 Å². The monoisotopic (exact) mass is 409 g/mol. The fraction of sp³-hybridized carbons (Fsp3) is 0.316. The highest BCUT2D eigenvalue weighted by molar-refractivity contribution is 7.89. The number of rotatable bonds is 7. The lowest BCUT2D eigenvalue weighted by Crippen LogP contribution is -2.39. The highest BCUT2D eigenvalue weighted by Gasteiger charge is 2.20. The molecular formula is C19H24ClN3O3S. The molecule has 2 N–H and O–H groups in total. The van der Waals surface area contributed by atoms with Gasteiger partial charge in [0.25, 0.3) is 0 Å². The number of hydrogen-bond donors (Lipinski definition) is 2. The summed E-state index contributed by atoms with van der Waals surface area (Å²) in [6, 6.07) is 13.0. The zero-order valence-corrected chi connectivity index (χ0v) is 17.3. The number of amides is 1. The molecule has 2 atom stereocenters. The molecule has 2 aromatic rings. The predicted octanol–water partition coefficient (Wildman–Crippen LogP) is 3.27. The Bertz CT molecular complexity index is 916. The van der Waals surface area contributed by atoms with Crippen LogP contribution in [0.4, 0.5) is 5.69 Å². The van der Waals surface area contributed by atoms with E-state index in [1.54, 1.807) is 25.1 Å². The highest BCUT2D eigenvalue weighted by atomic mass is 35.5. The minimum atomic E-state index is -3.56. The lowest BCUT2D eigenvalue weighted by Gasteiger charge is -2.21. The maximum absolute atomic E-state index is 12.5. The van der Waals surface area contributed by atoms with Crippen molar-refractivity contribution in [2.24, 2.45) is 0 Å². The van der Waals surface area contributed by atoms with Gasteiger partial charge in [-0.05, 0) is 43.7 Å². The van der Waals surface area contributed by atoms with Gasteiger partial charge in [0.2, 0.25) is 15.9 Å². The molecule has 0 fully saturated rings. The first-order chi connectivity index (χ1) is 12.6. The molecule has 8 heteroatoms. The third-order valence-corrected chi connectivity index (χ3v) is 6.30. The average molecular weight is 410 g/mol. The number of sulfonamides is 1. The van der Waals surface area contributed by atoms with Gasteiger partial charge in [-0.2, -0.15) is 0 Å². The van der Waals surface area contributed by atoms with E-state index in [4.69, 9.17) is 11.6 Å². The fourth-order valence-corrected chi connectivity index (χ4v) is 3.81. The van der Waals surface area contributed by atoms with E-state index in [0.717, 1.165) is 9.87 Å². The molecule has 6 nitrogen and oxygen atoms in total. The molecule has 0 radical (unpaired) electrons. The number of nitrogens with one attached hydrogen (secondary N) is 2.